The summed E-state index contributed by atoms with van der Waals surface area (Å²) in [7, 11) is 0. The molecule has 1 aliphatic heterocycles. The van der Waals surface area contributed by atoms with Gasteiger partial charge in [-0.3, -0.25) is 4.79 Å². The van der Waals surface area contributed by atoms with E-state index in [9.17, 15) is 4.79 Å². The van der Waals surface area contributed by atoms with Crippen molar-refractivity contribution in [1.29, 1.82) is 0 Å². The van der Waals surface area contributed by atoms with E-state index >= 15 is 0 Å². The lowest BCUT2D eigenvalue weighted by atomic mass is 10.2. The molecule has 6 heteroatoms. The Morgan fingerprint density at radius 1 is 1.40 bits per heavy atom. The Labute approximate surface area is 120 Å². The van der Waals surface area contributed by atoms with E-state index in [0.29, 0.717) is 15.9 Å². The minimum atomic E-state index is -0.155. The molecule has 1 saturated heterocycles. The molecule has 1 fully saturated rings. The molecule has 0 aliphatic carbocycles. The van der Waals surface area contributed by atoms with Gasteiger partial charge in [-0.1, -0.05) is 12.1 Å². The largest absolute Gasteiger partial charge is 0.345 e. The Kier molecular flexibility index (Phi) is 3.39. The van der Waals surface area contributed by atoms with Gasteiger partial charge in [-0.25, -0.2) is 9.98 Å². The van der Waals surface area contributed by atoms with Crippen LogP contribution in [0.1, 0.15) is 11.4 Å². The van der Waals surface area contributed by atoms with Gasteiger partial charge in [0, 0.05) is 18.5 Å². The van der Waals surface area contributed by atoms with Crippen LogP contribution in [0.3, 0.4) is 0 Å². The number of nitrogens with one attached hydrogen (secondary N) is 2. The first-order valence-electron chi connectivity index (χ1n) is 6.06. The summed E-state index contributed by atoms with van der Waals surface area (Å²) >= 11 is 1.31. The van der Waals surface area contributed by atoms with Crippen molar-refractivity contribution in [2.75, 3.05) is 0 Å². The van der Waals surface area contributed by atoms with Gasteiger partial charge >= 0.3 is 0 Å². The molecule has 5 nitrogen and oxygen atoms in total. The van der Waals surface area contributed by atoms with Crippen molar-refractivity contribution in [2.45, 2.75) is 6.92 Å². The number of carbonyl (C=O) groups excluding carboxylic acids is 1. The highest BCUT2D eigenvalue weighted by atomic mass is 32.2. The fraction of sp³-hybridized carbons (Fsp3) is 0.0714. The number of carbonyl (C=O) groups is 1. The van der Waals surface area contributed by atoms with Gasteiger partial charge in [0.2, 0.25) is 0 Å². The van der Waals surface area contributed by atoms with Crippen LogP contribution in [0.15, 0.2) is 46.6 Å². The second-order valence-corrected chi connectivity index (χ2v) is 5.33. The van der Waals surface area contributed by atoms with Gasteiger partial charge in [-0.15, -0.1) is 0 Å². The van der Waals surface area contributed by atoms with Gasteiger partial charge in [0.05, 0.1) is 10.6 Å². The van der Waals surface area contributed by atoms with Crippen LogP contribution in [0.2, 0.25) is 0 Å². The summed E-state index contributed by atoms with van der Waals surface area (Å²) in [6, 6.07) is 7.82. The number of benzene rings is 1. The molecule has 0 spiro atoms. The summed E-state index contributed by atoms with van der Waals surface area (Å²) in [6.45, 7) is 2.01. The number of thioether (sulfide) groups is 1. The highest BCUT2D eigenvalue weighted by molar-refractivity contribution is 8.18. The number of imidazole rings is 1. The van der Waals surface area contributed by atoms with Crippen molar-refractivity contribution in [3.05, 3.63) is 53.0 Å². The lowest BCUT2D eigenvalue weighted by molar-refractivity contribution is -0.115. The maximum absolute atomic E-state index is 11.8. The van der Waals surface area contributed by atoms with Crippen LogP contribution in [0.4, 0.5) is 5.69 Å². The molecular formula is C14H12N4OS. The third-order valence-electron chi connectivity index (χ3n) is 2.67. The van der Waals surface area contributed by atoms with Crippen LogP contribution in [-0.4, -0.2) is 21.0 Å². The van der Waals surface area contributed by atoms with E-state index in [-0.39, 0.29) is 5.91 Å². The van der Waals surface area contributed by atoms with E-state index in [1.807, 2.05) is 31.2 Å². The lowest BCUT2D eigenvalue weighted by Crippen LogP contribution is -2.19. The van der Waals surface area contributed by atoms with Crippen LogP contribution < -0.4 is 5.32 Å². The van der Waals surface area contributed by atoms with Crippen molar-refractivity contribution < 1.29 is 4.79 Å². The number of hydrogen-bond donors (Lipinski definition) is 2. The van der Waals surface area contributed by atoms with Crippen molar-refractivity contribution >= 4 is 34.6 Å². The number of aryl methyl sites for hydroxylation is 1. The van der Waals surface area contributed by atoms with Gasteiger partial charge in [0.1, 0.15) is 5.82 Å². The summed E-state index contributed by atoms with van der Waals surface area (Å²) in [5.41, 5.74) is 1.96. The number of nitrogens with zero attached hydrogens (tertiary/aromatic N) is 2. The molecule has 1 amide bonds. The van der Waals surface area contributed by atoms with Crippen LogP contribution >= 0.6 is 11.8 Å². The lowest BCUT2D eigenvalue weighted by Gasteiger charge is -1.97. The Morgan fingerprint density at radius 3 is 3.05 bits per heavy atom. The third kappa shape index (κ3) is 2.80. The van der Waals surface area contributed by atoms with Gasteiger partial charge in [-0.2, -0.15) is 0 Å². The zero-order valence-electron chi connectivity index (χ0n) is 10.8. The molecule has 2 aromatic rings. The molecule has 0 radical (unpaired) electrons. The second-order valence-electron chi connectivity index (χ2n) is 4.30. The first-order chi connectivity index (χ1) is 9.70. The predicted octanol–water partition coefficient (Wildman–Crippen LogP) is 2.61. The maximum atomic E-state index is 11.8. The van der Waals surface area contributed by atoms with Crippen molar-refractivity contribution in [1.82, 2.24) is 15.3 Å². The van der Waals surface area contributed by atoms with Gasteiger partial charge in [-0.05, 0) is 36.4 Å². The predicted molar refractivity (Wildman–Crippen MR) is 80.6 cm³/mol. The van der Waals surface area contributed by atoms with Crippen LogP contribution in [-0.2, 0) is 4.79 Å². The molecule has 0 atom stereocenters. The highest BCUT2D eigenvalue weighted by Crippen LogP contribution is 2.27. The Morgan fingerprint density at radius 2 is 2.30 bits per heavy atom. The fourth-order valence-electron chi connectivity index (χ4n) is 1.78. The molecule has 100 valence electrons. The number of amides is 1. The van der Waals surface area contributed by atoms with E-state index in [1.54, 1.807) is 18.5 Å². The standard InChI is InChI=1S/C14H12N4OS/c1-9-3-2-4-10(7-9)17-14-18-13(19)11(20-14)8-12-15-5-6-16-12/h2-8H,1H3,(H,15,16)(H,17,18,19)/b11-8-. The van der Waals surface area contributed by atoms with E-state index in [0.717, 1.165) is 11.3 Å². The molecular weight excluding hydrogens is 272 g/mol. The maximum Gasteiger partial charge on any atom is 0.264 e. The van der Waals surface area contributed by atoms with E-state index in [4.69, 9.17) is 0 Å². The van der Waals surface area contributed by atoms with Crippen LogP contribution in [0, 0.1) is 6.92 Å². The van der Waals surface area contributed by atoms with E-state index in [2.05, 4.69) is 20.3 Å². The molecule has 1 aliphatic rings. The first kappa shape index (κ1) is 12.7. The average Bonchev–Trinajstić information content (AvgIpc) is 3.01. The SMILES string of the molecule is Cc1cccc(N=C2NC(=O)/C(=C/c3ncc[nH]3)S2)c1. The summed E-state index contributed by atoms with van der Waals surface area (Å²) in [5, 5.41) is 3.33. The number of aromatic amines is 1. The molecule has 0 saturated carbocycles. The molecule has 2 N–H and O–H groups in total. The van der Waals surface area contributed by atoms with Crippen molar-refractivity contribution in [3.8, 4) is 0 Å². The summed E-state index contributed by atoms with van der Waals surface area (Å²) in [6.07, 6.45) is 5.07. The Balaban J connectivity index is 1.83. The smallest absolute Gasteiger partial charge is 0.264 e. The summed E-state index contributed by atoms with van der Waals surface area (Å²) in [5.74, 6) is 0.497. The first-order valence-corrected chi connectivity index (χ1v) is 6.88. The summed E-state index contributed by atoms with van der Waals surface area (Å²) in [4.78, 5) is 23.9. The van der Waals surface area contributed by atoms with Crippen molar-refractivity contribution in [3.63, 3.8) is 0 Å². The molecule has 0 bridgehead atoms. The second kappa shape index (κ2) is 5.34. The molecule has 1 aromatic carbocycles. The Hall–Kier alpha value is -2.34. The monoisotopic (exact) mass is 284 g/mol. The van der Waals surface area contributed by atoms with E-state index < -0.39 is 0 Å². The average molecular weight is 284 g/mol. The number of aliphatic imine (C=N–C) groups is 1. The number of rotatable bonds is 2. The summed E-state index contributed by atoms with van der Waals surface area (Å²) < 4.78 is 0. The van der Waals surface area contributed by atoms with Gasteiger partial charge in [0.15, 0.2) is 5.17 Å². The zero-order chi connectivity index (χ0) is 13.9. The third-order valence-corrected chi connectivity index (χ3v) is 3.58. The van der Waals surface area contributed by atoms with E-state index in [1.165, 1.54) is 11.8 Å². The topological polar surface area (TPSA) is 70.1 Å². The quantitative estimate of drug-likeness (QED) is 0.833. The van der Waals surface area contributed by atoms with Crippen LogP contribution in [0.5, 0.6) is 0 Å². The normalized spacial score (nSPS) is 18.8. The molecule has 0 unspecified atom stereocenters. The van der Waals surface area contributed by atoms with Crippen LogP contribution in [0.25, 0.3) is 6.08 Å². The van der Waals surface area contributed by atoms with Gasteiger partial charge in [0.25, 0.3) is 5.91 Å². The number of aromatic nitrogens is 2. The molecule has 20 heavy (non-hydrogen) atoms. The highest BCUT2D eigenvalue weighted by Gasteiger charge is 2.24. The number of hydrogen-bond acceptors (Lipinski definition) is 4. The molecule has 1 aromatic heterocycles. The number of amidine groups is 1. The van der Waals surface area contributed by atoms with Crippen molar-refractivity contribution in [2.24, 2.45) is 4.99 Å². The Bertz CT molecular complexity index is 704. The molecule has 2 heterocycles. The zero-order valence-corrected chi connectivity index (χ0v) is 11.6. The minimum Gasteiger partial charge on any atom is -0.345 e. The van der Waals surface area contributed by atoms with Gasteiger partial charge < -0.3 is 10.3 Å². The number of H-pyrrole nitrogens is 1. The fourth-order valence-corrected chi connectivity index (χ4v) is 2.59. The minimum absolute atomic E-state index is 0.155. The molecule has 3 rings (SSSR count).